The molecule has 1 unspecified atom stereocenters. The SMILES string of the molecule is CSc1ccc(-c2c(NC(C)(CO)c3ccccc3)c(=O)c2=O)cc1. The highest BCUT2D eigenvalue weighted by atomic mass is 32.2. The number of aliphatic hydroxyl groups excluding tert-OH is 1. The largest absolute Gasteiger partial charge is 0.394 e. The molecule has 1 atom stereocenters. The van der Waals surface area contributed by atoms with Gasteiger partial charge in [0.05, 0.1) is 23.4 Å². The van der Waals surface area contributed by atoms with E-state index >= 15 is 0 Å². The standard InChI is InChI=1S/C20H19NO3S/c1-20(12-22,14-6-4-3-5-7-14)21-17-16(18(23)19(17)24)13-8-10-15(25-2)11-9-13/h3-11,21-22H,12H2,1-2H3. The number of hydrogen-bond acceptors (Lipinski definition) is 5. The Hall–Kier alpha value is -2.37. The molecule has 0 heterocycles. The molecule has 0 amide bonds. The second kappa shape index (κ2) is 6.86. The van der Waals surface area contributed by atoms with Gasteiger partial charge in [0.2, 0.25) is 10.9 Å². The van der Waals surface area contributed by atoms with Crippen LogP contribution in [0.5, 0.6) is 0 Å². The highest BCUT2D eigenvalue weighted by Gasteiger charge is 2.31. The van der Waals surface area contributed by atoms with Gasteiger partial charge in [-0.25, -0.2) is 0 Å². The number of nitrogens with one attached hydrogen (secondary N) is 1. The molecule has 0 aliphatic heterocycles. The van der Waals surface area contributed by atoms with Crippen molar-refractivity contribution in [1.29, 1.82) is 0 Å². The lowest BCUT2D eigenvalue weighted by atomic mass is 9.90. The first-order valence-electron chi connectivity index (χ1n) is 7.92. The number of rotatable bonds is 6. The minimum atomic E-state index is -0.850. The van der Waals surface area contributed by atoms with Crippen molar-refractivity contribution in [3.8, 4) is 11.1 Å². The lowest BCUT2D eigenvalue weighted by molar-refractivity contribution is 0.224. The summed E-state index contributed by atoms with van der Waals surface area (Å²) in [6.45, 7) is 1.60. The van der Waals surface area contributed by atoms with E-state index in [4.69, 9.17) is 0 Å². The fraction of sp³-hybridized carbons (Fsp3) is 0.200. The van der Waals surface area contributed by atoms with Gasteiger partial charge in [-0.05, 0) is 36.4 Å². The summed E-state index contributed by atoms with van der Waals surface area (Å²) in [5, 5.41) is 13.0. The molecule has 0 fully saturated rings. The minimum Gasteiger partial charge on any atom is -0.394 e. The van der Waals surface area contributed by atoms with Crippen molar-refractivity contribution in [1.82, 2.24) is 0 Å². The summed E-state index contributed by atoms with van der Waals surface area (Å²) < 4.78 is 0. The van der Waals surface area contributed by atoms with Gasteiger partial charge in [0.1, 0.15) is 0 Å². The predicted octanol–water partition coefficient (Wildman–Crippen LogP) is 2.99. The van der Waals surface area contributed by atoms with Gasteiger partial charge in [0, 0.05) is 4.90 Å². The fourth-order valence-corrected chi connectivity index (χ4v) is 3.24. The molecule has 0 aliphatic carbocycles. The molecule has 0 spiro atoms. The highest BCUT2D eigenvalue weighted by molar-refractivity contribution is 7.98. The maximum absolute atomic E-state index is 12.1. The molecule has 25 heavy (non-hydrogen) atoms. The van der Waals surface area contributed by atoms with Gasteiger partial charge in [-0.3, -0.25) is 9.59 Å². The third kappa shape index (κ3) is 3.13. The molecule has 0 aromatic heterocycles. The number of anilines is 1. The van der Waals surface area contributed by atoms with Crippen molar-refractivity contribution < 1.29 is 5.11 Å². The van der Waals surface area contributed by atoms with Gasteiger partial charge in [-0.2, -0.15) is 0 Å². The molecule has 0 radical (unpaired) electrons. The number of benzene rings is 2. The average Bonchev–Trinajstić information content (AvgIpc) is 2.68. The second-order valence-electron chi connectivity index (χ2n) is 6.12. The van der Waals surface area contributed by atoms with Crippen LogP contribution in [0, 0.1) is 0 Å². The lowest BCUT2D eigenvalue weighted by Gasteiger charge is -2.31. The van der Waals surface area contributed by atoms with Gasteiger partial charge in [0.25, 0.3) is 0 Å². The minimum absolute atomic E-state index is 0.208. The summed E-state index contributed by atoms with van der Waals surface area (Å²) in [5.41, 5.74) is 0.313. The molecule has 3 aromatic rings. The topological polar surface area (TPSA) is 66.4 Å². The lowest BCUT2D eigenvalue weighted by Crippen LogP contribution is -2.44. The predicted molar refractivity (Wildman–Crippen MR) is 103 cm³/mol. The molecule has 5 heteroatoms. The van der Waals surface area contributed by atoms with E-state index in [1.807, 2.05) is 60.9 Å². The molecule has 4 nitrogen and oxygen atoms in total. The first-order valence-corrected chi connectivity index (χ1v) is 9.15. The molecule has 3 rings (SSSR count). The molecule has 128 valence electrons. The Morgan fingerprint density at radius 3 is 2.20 bits per heavy atom. The quantitative estimate of drug-likeness (QED) is 0.527. The van der Waals surface area contributed by atoms with Crippen LogP contribution in [0.4, 0.5) is 5.69 Å². The second-order valence-corrected chi connectivity index (χ2v) is 7.00. The Morgan fingerprint density at radius 1 is 1.00 bits per heavy atom. The zero-order chi connectivity index (χ0) is 18.0. The van der Waals surface area contributed by atoms with E-state index in [-0.39, 0.29) is 12.3 Å². The Kier molecular flexibility index (Phi) is 4.79. The first-order chi connectivity index (χ1) is 12.0. The summed E-state index contributed by atoms with van der Waals surface area (Å²) in [6.07, 6.45) is 1.98. The van der Waals surface area contributed by atoms with Crippen LogP contribution in [0.2, 0.25) is 0 Å². The first kappa shape index (κ1) is 17.5. The van der Waals surface area contributed by atoms with Gasteiger partial charge >= 0.3 is 0 Å². The van der Waals surface area contributed by atoms with E-state index in [2.05, 4.69) is 5.32 Å². The van der Waals surface area contributed by atoms with Gasteiger partial charge in [-0.15, -0.1) is 11.8 Å². The fourth-order valence-electron chi connectivity index (χ4n) is 2.83. The Bertz CT molecular complexity index is 943. The maximum Gasteiger partial charge on any atom is 0.250 e. The molecular weight excluding hydrogens is 334 g/mol. The molecule has 2 N–H and O–H groups in total. The molecule has 0 saturated heterocycles. The van der Waals surface area contributed by atoms with Crippen LogP contribution in [-0.2, 0) is 5.54 Å². The van der Waals surface area contributed by atoms with E-state index in [1.54, 1.807) is 18.7 Å². The van der Waals surface area contributed by atoms with Gasteiger partial charge < -0.3 is 10.4 Å². The van der Waals surface area contributed by atoms with Crippen LogP contribution in [-0.4, -0.2) is 18.0 Å². The van der Waals surface area contributed by atoms with E-state index in [1.165, 1.54) is 0 Å². The third-order valence-corrected chi connectivity index (χ3v) is 5.16. The Morgan fingerprint density at radius 2 is 1.64 bits per heavy atom. The summed E-state index contributed by atoms with van der Waals surface area (Å²) in [7, 11) is 0. The highest BCUT2D eigenvalue weighted by Crippen LogP contribution is 2.31. The van der Waals surface area contributed by atoms with Crippen molar-refractivity contribution in [2.24, 2.45) is 0 Å². The number of hydrogen-bond donors (Lipinski definition) is 2. The normalized spacial score (nSPS) is 13.6. The van der Waals surface area contributed by atoms with E-state index in [9.17, 15) is 14.7 Å². The van der Waals surface area contributed by atoms with Crippen molar-refractivity contribution in [3.05, 3.63) is 80.6 Å². The van der Waals surface area contributed by atoms with E-state index < -0.39 is 16.4 Å². The molecule has 3 aromatic carbocycles. The van der Waals surface area contributed by atoms with E-state index in [0.29, 0.717) is 11.1 Å². The van der Waals surface area contributed by atoms with Crippen LogP contribution in [0.1, 0.15) is 12.5 Å². The van der Waals surface area contributed by atoms with Crippen LogP contribution in [0.15, 0.2) is 69.1 Å². The van der Waals surface area contributed by atoms with Crippen LogP contribution < -0.4 is 16.2 Å². The summed E-state index contributed by atoms with van der Waals surface area (Å²) in [5.74, 6) is 0. The maximum atomic E-state index is 12.1. The summed E-state index contributed by atoms with van der Waals surface area (Å²) >= 11 is 1.61. The zero-order valence-corrected chi connectivity index (χ0v) is 14.9. The van der Waals surface area contributed by atoms with Crippen LogP contribution >= 0.6 is 11.8 Å². The Balaban J connectivity index is 2.00. The molecule has 0 aliphatic rings. The number of thioether (sulfide) groups is 1. The van der Waals surface area contributed by atoms with E-state index in [0.717, 1.165) is 10.5 Å². The van der Waals surface area contributed by atoms with Crippen molar-refractivity contribution >= 4 is 17.4 Å². The average molecular weight is 353 g/mol. The molecule has 0 bridgehead atoms. The summed E-state index contributed by atoms with van der Waals surface area (Å²) in [6, 6.07) is 16.9. The molecular formula is C20H19NO3S. The summed E-state index contributed by atoms with van der Waals surface area (Å²) in [4.78, 5) is 25.3. The third-order valence-electron chi connectivity index (χ3n) is 4.42. The van der Waals surface area contributed by atoms with Crippen molar-refractivity contribution in [2.75, 3.05) is 18.2 Å². The van der Waals surface area contributed by atoms with Crippen LogP contribution in [0.25, 0.3) is 11.1 Å². The van der Waals surface area contributed by atoms with Gasteiger partial charge in [0.15, 0.2) is 0 Å². The van der Waals surface area contributed by atoms with Crippen molar-refractivity contribution in [3.63, 3.8) is 0 Å². The Labute approximate surface area is 150 Å². The number of aliphatic hydroxyl groups is 1. The van der Waals surface area contributed by atoms with Gasteiger partial charge in [-0.1, -0.05) is 42.5 Å². The smallest absolute Gasteiger partial charge is 0.250 e. The monoisotopic (exact) mass is 353 g/mol. The molecule has 0 saturated carbocycles. The van der Waals surface area contributed by atoms with Crippen molar-refractivity contribution in [2.45, 2.75) is 17.4 Å². The van der Waals surface area contributed by atoms with Crippen LogP contribution in [0.3, 0.4) is 0 Å². The zero-order valence-electron chi connectivity index (χ0n) is 14.1.